The van der Waals surface area contributed by atoms with Crippen LogP contribution in [0.15, 0.2) is 170 Å². The monoisotopic (exact) mass is 460 g/mol. The van der Waals surface area contributed by atoms with E-state index in [2.05, 4.69) is 146 Å². The number of hydrogen-bond donors (Lipinski definition) is 0. The van der Waals surface area contributed by atoms with Crippen LogP contribution in [0.25, 0.3) is 44.5 Å². The summed E-state index contributed by atoms with van der Waals surface area (Å²) in [5.74, 6) is 0. The van der Waals surface area contributed by atoms with E-state index in [4.69, 9.17) is 0 Å². The predicted molar refractivity (Wildman–Crippen MR) is 155 cm³/mol. The molecule has 0 saturated carbocycles. The van der Waals surface area contributed by atoms with Crippen molar-refractivity contribution < 1.29 is 0 Å². The quantitative estimate of drug-likeness (QED) is 0.245. The molecule has 0 amide bonds. The number of hydrogen-bond acceptors (Lipinski definition) is 0. The zero-order chi connectivity index (χ0) is 24.4. The lowest BCUT2D eigenvalue weighted by Gasteiger charge is -2.05. The Morgan fingerprint density at radius 3 is 0.583 bits per heavy atom. The van der Waals surface area contributed by atoms with Crippen molar-refractivity contribution in [2.75, 3.05) is 0 Å². The fourth-order valence-electron chi connectivity index (χ4n) is 4.28. The molecule has 0 aliphatic heterocycles. The molecule has 0 spiro atoms. The molecule has 0 saturated heterocycles. The topological polar surface area (TPSA) is 0 Å². The molecule has 0 unspecified atom stereocenters. The first-order valence-electron chi connectivity index (χ1n) is 12.3. The Hall–Kier alpha value is -4.68. The van der Waals surface area contributed by atoms with Gasteiger partial charge in [0.15, 0.2) is 0 Å². The van der Waals surface area contributed by atoms with Crippen LogP contribution in [0.5, 0.6) is 0 Å². The van der Waals surface area contributed by atoms with E-state index in [0.717, 1.165) is 0 Å². The zero-order valence-corrected chi connectivity index (χ0v) is 20.2. The molecule has 172 valence electrons. The van der Waals surface area contributed by atoms with Gasteiger partial charge in [0.25, 0.3) is 0 Å². The summed E-state index contributed by atoms with van der Waals surface area (Å²) in [5, 5.41) is 0. The molecule has 0 atom stereocenters. The van der Waals surface area contributed by atoms with Crippen LogP contribution in [-0.2, 0) is 0 Å². The van der Waals surface area contributed by atoms with Crippen molar-refractivity contribution in [2.24, 2.45) is 0 Å². The summed E-state index contributed by atoms with van der Waals surface area (Å²) < 4.78 is 0. The molecule has 0 nitrogen and oxygen atoms in total. The largest absolute Gasteiger partial charge is 0.0622 e. The first kappa shape index (κ1) is 23.1. The summed E-state index contributed by atoms with van der Waals surface area (Å²) in [6.07, 6.45) is 0. The Balaban J connectivity index is 0.000000148. The molecule has 6 aromatic carbocycles. The number of benzene rings is 6. The van der Waals surface area contributed by atoms with Crippen LogP contribution in [-0.4, -0.2) is 0 Å². The van der Waals surface area contributed by atoms with Crippen molar-refractivity contribution in [2.45, 2.75) is 0 Å². The third-order valence-corrected chi connectivity index (χ3v) is 6.15. The minimum absolute atomic E-state index is 1.26. The smallest absolute Gasteiger partial charge is 0.0178 e. The van der Waals surface area contributed by atoms with Crippen molar-refractivity contribution in [3.05, 3.63) is 170 Å². The maximum atomic E-state index is 2.24. The van der Waals surface area contributed by atoms with E-state index in [1.807, 2.05) is 24.3 Å². The molecule has 0 radical (unpaired) electrons. The molecule has 6 aromatic rings. The Morgan fingerprint density at radius 1 is 0.167 bits per heavy atom. The Morgan fingerprint density at radius 2 is 0.361 bits per heavy atom. The molecular formula is C36H28. The average molecular weight is 461 g/mol. The lowest BCUT2D eigenvalue weighted by Crippen LogP contribution is -1.80. The van der Waals surface area contributed by atoms with Gasteiger partial charge in [-0.25, -0.2) is 0 Å². The maximum Gasteiger partial charge on any atom is -0.0178 e. The molecule has 0 aliphatic rings. The van der Waals surface area contributed by atoms with Crippen LogP contribution in [0.4, 0.5) is 0 Å². The highest BCUT2D eigenvalue weighted by atomic mass is 14.1. The summed E-state index contributed by atoms with van der Waals surface area (Å²) in [6, 6.07) is 59.3. The van der Waals surface area contributed by atoms with E-state index in [1.165, 1.54) is 44.5 Å². The van der Waals surface area contributed by atoms with Crippen molar-refractivity contribution in [1.29, 1.82) is 0 Å². The second-order valence-corrected chi connectivity index (χ2v) is 8.63. The van der Waals surface area contributed by atoms with Gasteiger partial charge in [-0.1, -0.05) is 158 Å². The molecule has 0 heterocycles. The molecule has 0 aromatic heterocycles. The summed E-state index contributed by atoms with van der Waals surface area (Å²) in [5.41, 5.74) is 10.1. The van der Waals surface area contributed by atoms with E-state index in [9.17, 15) is 0 Å². The van der Waals surface area contributed by atoms with Gasteiger partial charge in [-0.05, 0) is 56.6 Å². The van der Waals surface area contributed by atoms with Gasteiger partial charge in [-0.15, -0.1) is 0 Å². The molecule has 6 rings (SSSR count). The van der Waals surface area contributed by atoms with Gasteiger partial charge in [0, 0.05) is 0 Å². The predicted octanol–water partition coefficient (Wildman–Crippen LogP) is 10.0. The zero-order valence-electron chi connectivity index (χ0n) is 20.2. The fourth-order valence-corrected chi connectivity index (χ4v) is 4.28. The first-order chi connectivity index (χ1) is 17.9. The summed E-state index contributed by atoms with van der Waals surface area (Å²) in [7, 11) is 0. The molecule has 0 heteroatoms. The van der Waals surface area contributed by atoms with Crippen LogP contribution >= 0.6 is 0 Å². The normalized spacial score (nSPS) is 10.2. The molecule has 0 aliphatic carbocycles. The van der Waals surface area contributed by atoms with Gasteiger partial charge in [0.05, 0.1) is 0 Å². The molecule has 36 heavy (non-hydrogen) atoms. The van der Waals surface area contributed by atoms with Gasteiger partial charge >= 0.3 is 0 Å². The van der Waals surface area contributed by atoms with Gasteiger partial charge in [0.1, 0.15) is 0 Å². The summed E-state index contributed by atoms with van der Waals surface area (Å²) in [4.78, 5) is 0. The van der Waals surface area contributed by atoms with Crippen molar-refractivity contribution in [3.63, 3.8) is 0 Å². The Bertz CT molecular complexity index is 1260. The van der Waals surface area contributed by atoms with Crippen LogP contribution in [0.3, 0.4) is 0 Å². The van der Waals surface area contributed by atoms with Crippen LogP contribution in [0.1, 0.15) is 0 Å². The van der Waals surface area contributed by atoms with E-state index >= 15 is 0 Å². The van der Waals surface area contributed by atoms with Gasteiger partial charge in [-0.2, -0.15) is 0 Å². The van der Waals surface area contributed by atoms with Crippen LogP contribution < -0.4 is 0 Å². The second kappa shape index (κ2) is 11.6. The minimum atomic E-state index is 1.26. The van der Waals surface area contributed by atoms with E-state index in [1.54, 1.807) is 0 Å². The van der Waals surface area contributed by atoms with E-state index in [0.29, 0.717) is 0 Å². The van der Waals surface area contributed by atoms with Crippen LogP contribution in [0, 0.1) is 0 Å². The van der Waals surface area contributed by atoms with Crippen molar-refractivity contribution >= 4 is 0 Å². The lowest BCUT2D eigenvalue weighted by atomic mass is 9.99. The van der Waals surface area contributed by atoms with Gasteiger partial charge < -0.3 is 0 Å². The highest BCUT2D eigenvalue weighted by molar-refractivity contribution is 5.74. The van der Waals surface area contributed by atoms with E-state index in [-0.39, 0.29) is 0 Å². The third kappa shape index (κ3) is 5.87. The molecule has 0 N–H and O–H groups in total. The van der Waals surface area contributed by atoms with Crippen LogP contribution in [0.2, 0.25) is 0 Å². The highest BCUT2D eigenvalue weighted by Gasteiger charge is 2.01. The van der Waals surface area contributed by atoms with E-state index < -0.39 is 0 Å². The molecular weight excluding hydrogens is 432 g/mol. The third-order valence-electron chi connectivity index (χ3n) is 6.15. The summed E-state index contributed by atoms with van der Waals surface area (Å²) in [6.45, 7) is 0. The van der Waals surface area contributed by atoms with Crippen molar-refractivity contribution in [1.82, 2.24) is 0 Å². The maximum absolute atomic E-state index is 2.24. The van der Waals surface area contributed by atoms with Crippen molar-refractivity contribution in [3.8, 4) is 44.5 Å². The molecule has 0 bridgehead atoms. The second-order valence-electron chi connectivity index (χ2n) is 8.63. The average Bonchev–Trinajstić information content (AvgIpc) is 2.99. The summed E-state index contributed by atoms with van der Waals surface area (Å²) >= 11 is 0. The van der Waals surface area contributed by atoms with Gasteiger partial charge in [-0.3, -0.25) is 0 Å². The lowest BCUT2D eigenvalue weighted by molar-refractivity contribution is 1.59. The SMILES string of the molecule is c1ccc(-c2cccc(-c3ccccc3)c2)cc1.c1ccc(-c2cccc(-c3ccccc3)c2)cc1. The van der Waals surface area contributed by atoms with Gasteiger partial charge in [0.2, 0.25) is 0 Å². The standard InChI is InChI=1S/2C18H14/c2*1-3-8-15(9-4-1)17-12-7-13-18(14-17)16-10-5-2-6-11-16/h2*1-14H. The Labute approximate surface area is 214 Å². The minimum Gasteiger partial charge on any atom is -0.0622 e. The number of rotatable bonds is 4. The fraction of sp³-hybridized carbons (Fsp3) is 0. The first-order valence-corrected chi connectivity index (χ1v) is 12.3. The highest BCUT2D eigenvalue weighted by Crippen LogP contribution is 2.27. The molecule has 0 fully saturated rings. The Kier molecular flexibility index (Phi) is 7.46.